The number of nitrogens with zero attached hydrogens (tertiary/aromatic N) is 4. The van der Waals surface area contributed by atoms with Gasteiger partial charge < -0.3 is 15.0 Å². The van der Waals surface area contributed by atoms with Crippen molar-refractivity contribution in [1.82, 2.24) is 25.3 Å². The molecule has 2 saturated heterocycles. The first-order valence-electron chi connectivity index (χ1n) is 7.31. The van der Waals surface area contributed by atoms with Crippen LogP contribution in [0.3, 0.4) is 0 Å². The molecule has 1 aromatic heterocycles. The van der Waals surface area contributed by atoms with Gasteiger partial charge in [-0.05, 0) is 6.07 Å². The van der Waals surface area contributed by atoms with Crippen molar-refractivity contribution in [3.05, 3.63) is 24.0 Å². The predicted molar refractivity (Wildman–Crippen MR) is 77.1 cm³/mol. The van der Waals surface area contributed by atoms with Crippen molar-refractivity contribution in [2.75, 3.05) is 39.8 Å². The number of amides is 2. The second-order valence-corrected chi connectivity index (χ2v) is 5.46. The number of fused-ring (bicyclic) bond motifs is 1. The molecule has 0 bridgehead atoms. The maximum Gasteiger partial charge on any atom is 0.255 e. The molecule has 2 amide bonds. The van der Waals surface area contributed by atoms with Crippen LogP contribution in [0.4, 0.5) is 0 Å². The molecular weight excluding hydrogens is 286 g/mol. The van der Waals surface area contributed by atoms with E-state index in [0.717, 1.165) is 0 Å². The smallest absolute Gasteiger partial charge is 0.255 e. The van der Waals surface area contributed by atoms with Crippen LogP contribution in [0.15, 0.2) is 18.5 Å². The summed E-state index contributed by atoms with van der Waals surface area (Å²) in [5.74, 6) is -0.100. The number of aromatic nitrogens is 2. The van der Waals surface area contributed by atoms with E-state index in [1.807, 2.05) is 0 Å². The summed E-state index contributed by atoms with van der Waals surface area (Å²) in [5.41, 5.74) is 0.520. The molecule has 3 heterocycles. The highest BCUT2D eigenvalue weighted by Gasteiger charge is 2.42. The molecule has 0 saturated carbocycles. The van der Waals surface area contributed by atoms with Crippen LogP contribution >= 0.6 is 0 Å². The van der Waals surface area contributed by atoms with E-state index in [1.165, 1.54) is 12.4 Å². The average Bonchev–Trinajstić information content (AvgIpc) is 3.00. The van der Waals surface area contributed by atoms with Crippen LogP contribution in [0, 0.1) is 0 Å². The highest BCUT2D eigenvalue weighted by molar-refractivity contribution is 5.94. The third kappa shape index (κ3) is 2.93. The van der Waals surface area contributed by atoms with Crippen molar-refractivity contribution >= 4 is 11.8 Å². The summed E-state index contributed by atoms with van der Waals surface area (Å²) in [5, 5.41) is 10.1. The first-order valence-corrected chi connectivity index (χ1v) is 7.31. The number of carbonyl (C=O) groups excluding carboxylic acids is 2. The van der Waals surface area contributed by atoms with Gasteiger partial charge in [-0.25, -0.2) is 0 Å². The fraction of sp³-hybridized carbons (Fsp3) is 0.571. The van der Waals surface area contributed by atoms with E-state index in [2.05, 4.69) is 20.4 Å². The largest absolute Gasteiger partial charge is 0.373 e. The maximum absolute atomic E-state index is 12.5. The van der Waals surface area contributed by atoms with Crippen LogP contribution in [0.2, 0.25) is 0 Å². The van der Waals surface area contributed by atoms with Gasteiger partial charge >= 0.3 is 0 Å². The molecule has 2 aliphatic heterocycles. The van der Waals surface area contributed by atoms with E-state index >= 15 is 0 Å². The Labute approximate surface area is 128 Å². The van der Waals surface area contributed by atoms with E-state index in [-0.39, 0.29) is 24.0 Å². The molecule has 0 spiro atoms. The molecule has 1 aromatic rings. The lowest BCUT2D eigenvalue weighted by Crippen LogP contribution is -2.53. The molecule has 8 heteroatoms. The van der Waals surface area contributed by atoms with Crippen LogP contribution in [0.5, 0.6) is 0 Å². The van der Waals surface area contributed by atoms with E-state index < -0.39 is 0 Å². The molecular formula is C14H19N5O3. The second-order valence-electron chi connectivity index (χ2n) is 5.46. The molecule has 22 heavy (non-hydrogen) atoms. The molecule has 0 radical (unpaired) electrons. The number of hydrogen-bond donors (Lipinski definition) is 1. The zero-order valence-electron chi connectivity index (χ0n) is 12.4. The Bertz CT molecular complexity index is 553. The minimum atomic E-state index is -0.0761. The monoisotopic (exact) mass is 305 g/mol. The Morgan fingerprint density at radius 1 is 1.41 bits per heavy atom. The van der Waals surface area contributed by atoms with Crippen molar-refractivity contribution in [3.8, 4) is 0 Å². The molecule has 0 aromatic carbocycles. The van der Waals surface area contributed by atoms with Crippen molar-refractivity contribution < 1.29 is 14.3 Å². The third-order valence-electron chi connectivity index (χ3n) is 4.16. The fourth-order valence-electron chi connectivity index (χ4n) is 2.98. The molecule has 3 rings (SSSR count). The molecule has 2 aliphatic rings. The lowest BCUT2D eigenvalue weighted by atomic mass is 10.1. The zero-order chi connectivity index (χ0) is 15.5. The number of morpholine rings is 1. The average molecular weight is 305 g/mol. The van der Waals surface area contributed by atoms with Crippen LogP contribution < -0.4 is 5.32 Å². The molecule has 0 unspecified atom stereocenters. The van der Waals surface area contributed by atoms with Crippen LogP contribution in [-0.2, 0) is 9.53 Å². The number of carbonyl (C=O) groups is 2. The summed E-state index contributed by atoms with van der Waals surface area (Å²) < 4.78 is 5.77. The van der Waals surface area contributed by atoms with Gasteiger partial charge in [-0.3, -0.25) is 14.5 Å². The van der Waals surface area contributed by atoms with Crippen molar-refractivity contribution in [3.63, 3.8) is 0 Å². The summed E-state index contributed by atoms with van der Waals surface area (Å²) >= 11 is 0. The number of likely N-dealkylation sites (N-methyl/N-ethyl adjacent to an activating group) is 1. The summed E-state index contributed by atoms with van der Waals surface area (Å²) in [4.78, 5) is 27.9. The van der Waals surface area contributed by atoms with Gasteiger partial charge in [-0.2, -0.15) is 10.2 Å². The lowest BCUT2D eigenvalue weighted by Gasteiger charge is -2.35. The summed E-state index contributed by atoms with van der Waals surface area (Å²) in [6.07, 6.45) is 2.93. The van der Waals surface area contributed by atoms with E-state index in [9.17, 15) is 9.59 Å². The Kier molecular flexibility index (Phi) is 4.30. The molecule has 2 fully saturated rings. The summed E-state index contributed by atoms with van der Waals surface area (Å²) in [6, 6.07) is 1.71. The van der Waals surface area contributed by atoms with Gasteiger partial charge in [0.25, 0.3) is 5.91 Å². The Morgan fingerprint density at radius 3 is 3.00 bits per heavy atom. The Morgan fingerprint density at radius 2 is 2.27 bits per heavy atom. The van der Waals surface area contributed by atoms with Gasteiger partial charge in [0.1, 0.15) is 0 Å². The Hall–Kier alpha value is -2.06. The quantitative estimate of drug-likeness (QED) is 0.750. The normalized spacial score (nSPS) is 24.9. The van der Waals surface area contributed by atoms with E-state index in [1.54, 1.807) is 18.0 Å². The number of likely N-dealkylation sites (tertiary alicyclic amines) is 1. The van der Waals surface area contributed by atoms with Crippen molar-refractivity contribution in [2.45, 2.75) is 12.1 Å². The zero-order valence-corrected chi connectivity index (χ0v) is 12.4. The standard InChI is InChI=1S/C14H19N5O3/c1-15-13(20)9-18-4-5-22-12-8-19(7-11(12)18)14(21)10-2-3-16-17-6-10/h2-3,6,11-12H,4-5,7-9H2,1H3,(H,15,20)/t11-,12+/m1/s1. The van der Waals surface area contributed by atoms with Gasteiger partial charge in [0.05, 0.1) is 43.3 Å². The van der Waals surface area contributed by atoms with E-state index in [4.69, 9.17) is 4.74 Å². The highest BCUT2D eigenvalue weighted by atomic mass is 16.5. The van der Waals surface area contributed by atoms with Gasteiger partial charge in [0.15, 0.2) is 0 Å². The summed E-state index contributed by atoms with van der Waals surface area (Å²) in [7, 11) is 1.63. The SMILES string of the molecule is CNC(=O)CN1CCO[C@H]2CN(C(=O)c3ccnnc3)C[C@H]21. The minimum Gasteiger partial charge on any atom is -0.373 e. The van der Waals surface area contributed by atoms with Gasteiger partial charge in [0.2, 0.25) is 5.91 Å². The van der Waals surface area contributed by atoms with Crippen molar-refractivity contribution in [2.24, 2.45) is 0 Å². The minimum absolute atomic E-state index is 0.0243. The third-order valence-corrected chi connectivity index (χ3v) is 4.16. The summed E-state index contributed by atoms with van der Waals surface area (Å²) in [6.45, 7) is 2.71. The molecule has 8 nitrogen and oxygen atoms in total. The van der Waals surface area contributed by atoms with Crippen LogP contribution in [0.25, 0.3) is 0 Å². The second kappa shape index (κ2) is 6.37. The highest BCUT2D eigenvalue weighted by Crippen LogP contribution is 2.23. The van der Waals surface area contributed by atoms with Gasteiger partial charge in [-0.1, -0.05) is 0 Å². The number of hydrogen-bond acceptors (Lipinski definition) is 6. The Balaban J connectivity index is 1.69. The topological polar surface area (TPSA) is 87.7 Å². The first kappa shape index (κ1) is 14.9. The van der Waals surface area contributed by atoms with Crippen LogP contribution in [0.1, 0.15) is 10.4 Å². The number of rotatable bonds is 3. The predicted octanol–water partition coefficient (Wildman–Crippen LogP) is -1.25. The lowest BCUT2D eigenvalue weighted by molar-refractivity contribution is -0.125. The van der Waals surface area contributed by atoms with Crippen molar-refractivity contribution in [1.29, 1.82) is 0 Å². The fourth-order valence-corrected chi connectivity index (χ4v) is 2.98. The molecule has 1 N–H and O–H groups in total. The molecule has 2 atom stereocenters. The van der Waals surface area contributed by atoms with Gasteiger partial charge in [0, 0.05) is 26.7 Å². The number of ether oxygens (including phenoxy) is 1. The maximum atomic E-state index is 12.5. The van der Waals surface area contributed by atoms with E-state index in [0.29, 0.717) is 38.3 Å². The number of nitrogens with one attached hydrogen (secondary N) is 1. The van der Waals surface area contributed by atoms with Crippen LogP contribution in [-0.4, -0.2) is 83.8 Å². The van der Waals surface area contributed by atoms with Gasteiger partial charge in [-0.15, -0.1) is 0 Å². The first-order chi connectivity index (χ1) is 10.7. The molecule has 0 aliphatic carbocycles. The molecule has 118 valence electrons.